The largest absolute Gasteiger partial charge is 0.348 e. The molecule has 2 heterocycles. The number of rotatable bonds is 3. The lowest BCUT2D eigenvalue weighted by Gasteiger charge is -2.22. The van der Waals surface area contributed by atoms with Gasteiger partial charge in [-0.05, 0) is 44.4 Å². The van der Waals surface area contributed by atoms with Crippen molar-refractivity contribution < 1.29 is 4.79 Å². The van der Waals surface area contributed by atoms with Crippen molar-refractivity contribution >= 4 is 5.91 Å². The average molecular weight is 273 g/mol. The lowest BCUT2D eigenvalue weighted by molar-refractivity contribution is 0.0922. The van der Waals surface area contributed by atoms with Gasteiger partial charge in [0, 0.05) is 12.1 Å². The van der Waals surface area contributed by atoms with Crippen LogP contribution in [0.25, 0.3) is 0 Å². The van der Waals surface area contributed by atoms with Crippen molar-refractivity contribution in [1.82, 2.24) is 15.6 Å². The Morgan fingerprint density at radius 1 is 1.15 bits per heavy atom. The third-order valence-corrected chi connectivity index (χ3v) is 4.36. The number of pyridine rings is 1. The molecular formula is C16H23N3O. The van der Waals surface area contributed by atoms with Crippen LogP contribution in [0.15, 0.2) is 18.2 Å². The molecule has 3 rings (SSSR count). The van der Waals surface area contributed by atoms with Gasteiger partial charge in [-0.2, -0.15) is 0 Å². The average Bonchev–Trinajstić information content (AvgIpc) is 3.03. The molecule has 4 nitrogen and oxygen atoms in total. The van der Waals surface area contributed by atoms with Crippen molar-refractivity contribution in [2.75, 3.05) is 6.54 Å². The Bertz CT molecular complexity index is 463. The van der Waals surface area contributed by atoms with Crippen molar-refractivity contribution in [2.45, 2.75) is 57.0 Å². The Hall–Kier alpha value is -1.42. The summed E-state index contributed by atoms with van der Waals surface area (Å²) in [6.45, 7) is 1.05. The first kappa shape index (κ1) is 13.6. The molecule has 0 spiro atoms. The molecule has 1 amide bonds. The molecule has 2 N–H and O–H groups in total. The standard InChI is InChI=1S/C16H23N3O/c20-16(18-12-6-2-1-3-7-12)15-9-4-8-14(19-15)13-10-5-11-17-13/h4,8-9,12-13,17H,1-3,5-7,10-11H2,(H,18,20)/t13-/m0/s1. The highest BCUT2D eigenvalue weighted by Crippen LogP contribution is 2.21. The number of amides is 1. The van der Waals surface area contributed by atoms with E-state index in [1.807, 2.05) is 18.2 Å². The quantitative estimate of drug-likeness (QED) is 0.890. The number of hydrogen-bond acceptors (Lipinski definition) is 3. The molecule has 1 aliphatic carbocycles. The Morgan fingerprint density at radius 2 is 2.00 bits per heavy atom. The molecule has 2 fully saturated rings. The summed E-state index contributed by atoms with van der Waals surface area (Å²) in [7, 11) is 0. The van der Waals surface area contributed by atoms with Gasteiger partial charge in [-0.3, -0.25) is 4.79 Å². The maximum atomic E-state index is 12.3. The monoisotopic (exact) mass is 273 g/mol. The highest BCUT2D eigenvalue weighted by Gasteiger charge is 2.20. The molecule has 2 aliphatic rings. The molecule has 1 aliphatic heterocycles. The van der Waals surface area contributed by atoms with E-state index in [2.05, 4.69) is 15.6 Å². The van der Waals surface area contributed by atoms with Crippen LogP contribution >= 0.6 is 0 Å². The van der Waals surface area contributed by atoms with Crippen molar-refractivity contribution in [3.05, 3.63) is 29.6 Å². The van der Waals surface area contributed by atoms with Crippen LogP contribution in [0.3, 0.4) is 0 Å². The summed E-state index contributed by atoms with van der Waals surface area (Å²) in [4.78, 5) is 16.8. The van der Waals surface area contributed by atoms with E-state index >= 15 is 0 Å². The van der Waals surface area contributed by atoms with E-state index in [-0.39, 0.29) is 5.91 Å². The molecule has 1 aromatic rings. The van der Waals surface area contributed by atoms with Crippen LogP contribution < -0.4 is 10.6 Å². The highest BCUT2D eigenvalue weighted by molar-refractivity contribution is 5.92. The van der Waals surface area contributed by atoms with E-state index < -0.39 is 0 Å². The van der Waals surface area contributed by atoms with E-state index in [1.165, 1.54) is 25.7 Å². The van der Waals surface area contributed by atoms with E-state index in [0.29, 0.717) is 17.8 Å². The Morgan fingerprint density at radius 3 is 2.75 bits per heavy atom. The van der Waals surface area contributed by atoms with Gasteiger partial charge in [0.2, 0.25) is 0 Å². The fourth-order valence-electron chi connectivity index (χ4n) is 3.22. The number of hydrogen-bond donors (Lipinski definition) is 2. The Balaban J connectivity index is 1.66. The lowest BCUT2D eigenvalue weighted by atomic mass is 9.95. The molecule has 0 aromatic carbocycles. The summed E-state index contributed by atoms with van der Waals surface area (Å²) in [5.41, 5.74) is 1.56. The summed E-state index contributed by atoms with van der Waals surface area (Å²) in [6, 6.07) is 6.43. The summed E-state index contributed by atoms with van der Waals surface area (Å²) in [5, 5.41) is 6.56. The minimum atomic E-state index is -0.0169. The highest BCUT2D eigenvalue weighted by atomic mass is 16.1. The van der Waals surface area contributed by atoms with Crippen LogP contribution in [0.2, 0.25) is 0 Å². The van der Waals surface area contributed by atoms with Crippen LogP contribution in [0, 0.1) is 0 Å². The van der Waals surface area contributed by atoms with Gasteiger partial charge in [-0.1, -0.05) is 25.3 Å². The molecule has 0 unspecified atom stereocenters. The molecule has 1 saturated heterocycles. The van der Waals surface area contributed by atoms with E-state index in [9.17, 15) is 4.79 Å². The number of nitrogens with zero attached hydrogens (tertiary/aromatic N) is 1. The molecule has 20 heavy (non-hydrogen) atoms. The minimum absolute atomic E-state index is 0.0169. The fraction of sp³-hybridized carbons (Fsp3) is 0.625. The lowest BCUT2D eigenvalue weighted by Crippen LogP contribution is -2.36. The van der Waals surface area contributed by atoms with Crippen molar-refractivity contribution in [2.24, 2.45) is 0 Å². The van der Waals surface area contributed by atoms with Gasteiger partial charge in [-0.25, -0.2) is 4.98 Å². The van der Waals surface area contributed by atoms with E-state index in [1.54, 1.807) is 0 Å². The maximum absolute atomic E-state index is 12.3. The normalized spacial score (nSPS) is 23.7. The van der Waals surface area contributed by atoms with E-state index in [0.717, 1.165) is 31.5 Å². The molecule has 0 radical (unpaired) electrons. The zero-order chi connectivity index (χ0) is 13.8. The summed E-state index contributed by atoms with van der Waals surface area (Å²) in [6.07, 6.45) is 8.26. The molecule has 1 saturated carbocycles. The zero-order valence-corrected chi connectivity index (χ0v) is 11.9. The third-order valence-electron chi connectivity index (χ3n) is 4.36. The molecule has 4 heteroatoms. The van der Waals surface area contributed by atoms with E-state index in [4.69, 9.17) is 0 Å². The second kappa shape index (κ2) is 6.35. The van der Waals surface area contributed by atoms with Crippen molar-refractivity contribution in [3.8, 4) is 0 Å². The van der Waals surface area contributed by atoms with Gasteiger partial charge in [0.25, 0.3) is 5.91 Å². The number of carbonyl (C=O) groups excluding carboxylic acids is 1. The van der Waals surface area contributed by atoms with Crippen LogP contribution in [-0.4, -0.2) is 23.5 Å². The van der Waals surface area contributed by atoms with Crippen LogP contribution in [0.5, 0.6) is 0 Å². The maximum Gasteiger partial charge on any atom is 0.270 e. The number of carbonyl (C=O) groups is 1. The van der Waals surface area contributed by atoms with Crippen LogP contribution in [0.4, 0.5) is 0 Å². The molecule has 0 bridgehead atoms. The van der Waals surface area contributed by atoms with Crippen molar-refractivity contribution in [1.29, 1.82) is 0 Å². The van der Waals surface area contributed by atoms with Crippen LogP contribution in [0.1, 0.15) is 67.2 Å². The van der Waals surface area contributed by atoms with Gasteiger partial charge >= 0.3 is 0 Å². The second-order valence-electron chi connectivity index (χ2n) is 5.91. The summed E-state index contributed by atoms with van der Waals surface area (Å²) < 4.78 is 0. The second-order valence-corrected chi connectivity index (χ2v) is 5.91. The zero-order valence-electron chi connectivity index (χ0n) is 11.9. The molecule has 1 atom stereocenters. The first-order valence-corrected chi connectivity index (χ1v) is 7.84. The van der Waals surface area contributed by atoms with Gasteiger partial charge in [0.1, 0.15) is 5.69 Å². The first-order valence-electron chi connectivity index (χ1n) is 7.84. The fourth-order valence-corrected chi connectivity index (χ4v) is 3.22. The number of aromatic nitrogens is 1. The molecule has 108 valence electrons. The smallest absolute Gasteiger partial charge is 0.270 e. The van der Waals surface area contributed by atoms with Gasteiger partial charge in [-0.15, -0.1) is 0 Å². The minimum Gasteiger partial charge on any atom is -0.348 e. The van der Waals surface area contributed by atoms with Gasteiger partial charge in [0.15, 0.2) is 0 Å². The summed E-state index contributed by atoms with van der Waals surface area (Å²) in [5.74, 6) is -0.0169. The first-order chi connectivity index (χ1) is 9.83. The predicted octanol–water partition coefficient (Wildman–Crippen LogP) is 2.57. The van der Waals surface area contributed by atoms with Gasteiger partial charge in [0.05, 0.1) is 5.69 Å². The summed E-state index contributed by atoms with van der Waals surface area (Å²) >= 11 is 0. The third kappa shape index (κ3) is 3.18. The SMILES string of the molecule is O=C(NC1CCCCC1)c1cccc([C@@H]2CCCN2)n1. The van der Waals surface area contributed by atoms with Gasteiger partial charge < -0.3 is 10.6 Å². The Labute approximate surface area is 120 Å². The van der Waals surface area contributed by atoms with Crippen molar-refractivity contribution in [3.63, 3.8) is 0 Å². The predicted molar refractivity (Wildman–Crippen MR) is 78.6 cm³/mol. The molecular weight excluding hydrogens is 250 g/mol. The number of nitrogens with one attached hydrogen (secondary N) is 2. The Kier molecular flexibility index (Phi) is 4.31. The topological polar surface area (TPSA) is 54.0 Å². The molecule has 1 aromatic heterocycles. The van der Waals surface area contributed by atoms with Crippen LogP contribution in [-0.2, 0) is 0 Å².